The molecule has 0 saturated carbocycles. The fourth-order valence-electron chi connectivity index (χ4n) is 2.89. The van der Waals surface area contributed by atoms with Crippen molar-refractivity contribution in [3.05, 3.63) is 84.2 Å². The van der Waals surface area contributed by atoms with Crippen LogP contribution in [0.3, 0.4) is 0 Å². The zero-order chi connectivity index (χ0) is 21.7. The highest BCUT2D eigenvalue weighted by molar-refractivity contribution is 7.94. The van der Waals surface area contributed by atoms with Gasteiger partial charge in [0, 0.05) is 18.4 Å². The number of rotatable bonds is 8. The van der Waals surface area contributed by atoms with E-state index in [1.54, 1.807) is 41.9 Å². The Morgan fingerprint density at radius 3 is 2.45 bits per heavy atom. The van der Waals surface area contributed by atoms with E-state index in [2.05, 4.69) is 15.0 Å². The second-order valence-electron chi connectivity index (χ2n) is 6.62. The molecule has 2 N–H and O–H groups in total. The Kier molecular flexibility index (Phi) is 6.15. The van der Waals surface area contributed by atoms with Crippen LogP contribution < -0.4 is 10.0 Å². The van der Waals surface area contributed by atoms with E-state index in [1.807, 2.05) is 30.3 Å². The third kappa shape index (κ3) is 5.19. The van der Waals surface area contributed by atoms with Gasteiger partial charge in [-0.1, -0.05) is 48.5 Å². The Balaban J connectivity index is 1.39. The van der Waals surface area contributed by atoms with Gasteiger partial charge in [-0.25, -0.2) is 13.4 Å². The maximum atomic E-state index is 12.5. The standard InChI is InChI=1S/C22H19N3O4S2/c26-20(12-13-21-23-15-19(29-21)16-7-2-1-3-8-16)24-17-9-4-5-10-18(17)25-31(27,28)22-11-6-14-30-22/h1-11,14-15,25H,12-13H2,(H,24,26). The van der Waals surface area contributed by atoms with Crippen molar-refractivity contribution in [2.75, 3.05) is 10.0 Å². The number of hydrogen-bond acceptors (Lipinski definition) is 6. The van der Waals surface area contributed by atoms with Crippen LogP contribution in [-0.4, -0.2) is 19.3 Å². The number of oxazole rings is 1. The number of anilines is 2. The lowest BCUT2D eigenvalue weighted by Gasteiger charge is -2.12. The van der Waals surface area contributed by atoms with E-state index in [0.29, 0.717) is 29.4 Å². The molecule has 7 nitrogen and oxygen atoms in total. The molecule has 2 aromatic heterocycles. The lowest BCUT2D eigenvalue weighted by Crippen LogP contribution is -2.16. The van der Waals surface area contributed by atoms with Gasteiger partial charge in [0.1, 0.15) is 4.21 Å². The van der Waals surface area contributed by atoms with Crippen LogP contribution in [0.5, 0.6) is 0 Å². The van der Waals surface area contributed by atoms with Crippen LogP contribution in [-0.2, 0) is 21.2 Å². The van der Waals surface area contributed by atoms with Gasteiger partial charge in [0.15, 0.2) is 11.7 Å². The molecule has 0 fully saturated rings. The van der Waals surface area contributed by atoms with E-state index in [4.69, 9.17) is 4.42 Å². The van der Waals surface area contributed by atoms with Crippen molar-refractivity contribution in [1.29, 1.82) is 0 Å². The van der Waals surface area contributed by atoms with Gasteiger partial charge in [-0.05, 0) is 23.6 Å². The number of para-hydroxylation sites is 2. The van der Waals surface area contributed by atoms with Crippen LogP contribution in [0.15, 0.2) is 86.9 Å². The van der Waals surface area contributed by atoms with E-state index in [1.165, 1.54) is 6.07 Å². The van der Waals surface area contributed by atoms with Crippen LogP contribution in [0.4, 0.5) is 11.4 Å². The first-order valence-electron chi connectivity index (χ1n) is 9.46. The van der Waals surface area contributed by atoms with Gasteiger partial charge < -0.3 is 9.73 Å². The Bertz CT molecular complexity index is 1270. The second kappa shape index (κ2) is 9.15. The predicted octanol–water partition coefficient (Wildman–Crippen LogP) is 4.78. The van der Waals surface area contributed by atoms with Crippen molar-refractivity contribution in [3.8, 4) is 11.3 Å². The summed E-state index contributed by atoms with van der Waals surface area (Å²) in [7, 11) is -3.71. The zero-order valence-electron chi connectivity index (χ0n) is 16.3. The molecule has 0 atom stereocenters. The molecule has 4 aromatic rings. The summed E-state index contributed by atoms with van der Waals surface area (Å²) in [5.41, 5.74) is 1.59. The highest BCUT2D eigenvalue weighted by atomic mass is 32.2. The molecule has 0 spiro atoms. The molecule has 4 rings (SSSR count). The first kappa shape index (κ1) is 20.8. The molecule has 2 aromatic carbocycles. The van der Waals surface area contributed by atoms with Crippen molar-refractivity contribution in [2.24, 2.45) is 0 Å². The Hall–Kier alpha value is -3.43. The molecule has 0 aliphatic heterocycles. The van der Waals surface area contributed by atoms with E-state index in [0.717, 1.165) is 16.9 Å². The first-order valence-corrected chi connectivity index (χ1v) is 11.8. The minimum Gasteiger partial charge on any atom is -0.441 e. The van der Waals surface area contributed by atoms with Crippen LogP contribution >= 0.6 is 11.3 Å². The Morgan fingerprint density at radius 1 is 0.968 bits per heavy atom. The average Bonchev–Trinajstić information content (AvgIpc) is 3.47. The SMILES string of the molecule is O=C(CCc1ncc(-c2ccccc2)o1)Nc1ccccc1NS(=O)(=O)c1cccs1. The number of carbonyl (C=O) groups excluding carboxylic acids is 1. The van der Waals surface area contributed by atoms with Crippen LogP contribution in [0.2, 0.25) is 0 Å². The largest absolute Gasteiger partial charge is 0.441 e. The molecule has 0 bridgehead atoms. The van der Waals surface area contributed by atoms with E-state index < -0.39 is 10.0 Å². The summed E-state index contributed by atoms with van der Waals surface area (Å²) in [5, 5.41) is 4.44. The number of benzene rings is 2. The summed E-state index contributed by atoms with van der Waals surface area (Å²) >= 11 is 1.12. The maximum absolute atomic E-state index is 12.5. The number of sulfonamides is 1. The highest BCUT2D eigenvalue weighted by Gasteiger charge is 2.18. The van der Waals surface area contributed by atoms with Crippen molar-refractivity contribution in [3.63, 3.8) is 0 Å². The number of amides is 1. The number of hydrogen-bond donors (Lipinski definition) is 2. The van der Waals surface area contributed by atoms with E-state index >= 15 is 0 Å². The molecule has 31 heavy (non-hydrogen) atoms. The molecule has 2 heterocycles. The number of aromatic nitrogens is 1. The van der Waals surface area contributed by atoms with Gasteiger partial charge in [-0.2, -0.15) is 0 Å². The van der Waals surface area contributed by atoms with Crippen LogP contribution in [0.25, 0.3) is 11.3 Å². The fraction of sp³-hybridized carbons (Fsp3) is 0.0909. The third-order valence-electron chi connectivity index (χ3n) is 4.38. The summed E-state index contributed by atoms with van der Waals surface area (Å²) in [6.07, 6.45) is 2.10. The number of nitrogens with zero attached hydrogens (tertiary/aromatic N) is 1. The second-order valence-corrected chi connectivity index (χ2v) is 9.47. The summed E-state index contributed by atoms with van der Waals surface area (Å²) in [6, 6.07) is 19.4. The molecule has 9 heteroatoms. The monoisotopic (exact) mass is 453 g/mol. The molecule has 158 valence electrons. The van der Waals surface area contributed by atoms with Crippen molar-refractivity contribution in [2.45, 2.75) is 17.1 Å². The van der Waals surface area contributed by atoms with Crippen LogP contribution in [0, 0.1) is 0 Å². The van der Waals surface area contributed by atoms with Crippen molar-refractivity contribution < 1.29 is 17.6 Å². The van der Waals surface area contributed by atoms with Crippen molar-refractivity contribution >= 4 is 38.6 Å². The van der Waals surface area contributed by atoms with Crippen LogP contribution in [0.1, 0.15) is 12.3 Å². The maximum Gasteiger partial charge on any atom is 0.271 e. The van der Waals surface area contributed by atoms with Gasteiger partial charge in [0.05, 0.1) is 17.6 Å². The lowest BCUT2D eigenvalue weighted by molar-refractivity contribution is -0.116. The summed E-state index contributed by atoms with van der Waals surface area (Å²) < 4.78 is 33.4. The van der Waals surface area contributed by atoms with Gasteiger partial charge in [-0.3, -0.25) is 9.52 Å². The molecule has 0 aliphatic rings. The summed E-state index contributed by atoms with van der Waals surface area (Å²) in [6.45, 7) is 0. The molecule has 0 unspecified atom stereocenters. The molecule has 0 radical (unpaired) electrons. The minimum atomic E-state index is -3.71. The smallest absolute Gasteiger partial charge is 0.271 e. The highest BCUT2D eigenvalue weighted by Crippen LogP contribution is 2.26. The Labute approximate surface area is 183 Å². The normalized spacial score (nSPS) is 11.2. The van der Waals surface area contributed by atoms with Gasteiger partial charge >= 0.3 is 0 Å². The topological polar surface area (TPSA) is 101 Å². The van der Waals surface area contributed by atoms with E-state index in [9.17, 15) is 13.2 Å². The average molecular weight is 454 g/mol. The molecule has 1 amide bonds. The third-order valence-corrected chi connectivity index (χ3v) is 7.15. The van der Waals surface area contributed by atoms with Gasteiger partial charge in [-0.15, -0.1) is 11.3 Å². The van der Waals surface area contributed by atoms with E-state index in [-0.39, 0.29) is 16.5 Å². The number of aryl methyl sites for hydroxylation is 1. The van der Waals surface area contributed by atoms with Gasteiger partial charge in [0.25, 0.3) is 10.0 Å². The zero-order valence-corrected chi connectivity index (χ0v) is 17.9. The fourth-order valence-corrected chi connectivity index (χ4v) is 4.96. The first-order chi connectivity index (χ1) is 15.0. The van der Waals surface area contributed by atoms with Gasteiger partial charge in [0.2, 0.25) is 5.91 Å². The summed E-state index contributed by atoms with van der Waals surface area (Å²) in [4.78, 5) is 16.7. The lowest BCUT2D eigenvalue weighted by atomic mass is 10.2. The molecule has 0 saturated heterocycles. The minimum absolute atomic E-state index is 0.140. The summed E-state index contributed by atoms with van der Waals surface area (Å²) in [5.74, 6) is 0.826. The quantitative estimate of drug-likeness (QED) is 0.400. The number of thiophene rings is 1. The molecular formula is C22H19N3O4S2. The molecule has 0 aliphatic carbocycles. The number of carbonyl (C=O) groups is 1. The van der Waals surface area contributed by atoms with Crippen molar-refractivity contribution in [1.82, 2.24) is 4.98 Å². The predicted molar refractivity (Wildman–Crippen MR) is 120 cm³/mol. The molecular weight excluding hydrogens is 434 g/mol. The number of nitrogens with one attached hydrogen (secondary N) is 2. The Morgan fingerprint density at radius 2 is 1.71 bits per heavy atom.